The summed E-state index contributed by atoms with van der Waals surface area (Å²) >= 11 is 0. The van der Waals surface area contributed by atoms with E-state index < -0.39 is 5.95 Å². The van der Waals surface area contributed by atoms with Gasteiger partial charge in [-0.2, -0.15) is 4.39 Å². The molecule has 1 aliphatic rings. The molecule has 5 nitrogen and oxygen atoms in total. The summed E-state index contributed by atoms with van der Waals surface area (Å²) in [6.07, 6.45) is 0.265. The molecule has 2 heterocycles. The molecule has 0 saturated carbocycles. The van der Waals surface area contributed by atoms with Gasteiger partial charge >= 0.3 is 0 Å². The van der Waals surface area contributed by atoms with Crippen LogP contribution in [-0.2, 0) is 4.79 Å². The van der Waals surface area contributed by atoms with Gasteiger partial charge < -0.3 is 10.2 Å². The average molecular weight is 237 g/mol. The second-order valence-corrected chi connectivity index (χ2v) is 3.74. The predicted molar refractivity (Wildman–Crippen MR) is 57.7 cm³/mol. The summed E-state index contributed by atoms with van der Waals surface area (Å²) in [4.78, 5) is 28.1. The van der Waals surface area contributed by atoms with Crippen LogP contribution in [0.15, 0.2) is 18.2 Å². The Morgan fingerprint density at radius 2 is 2.24 bits per heavy atom. The van der Waals surface area contributed by atoms with Gasteiger partial charge in [0.2, 0.25) is 11.9 Å². The normalized spacial score (nSPS) is 16.3. The minimum Gasteiger partial charge on any atom is -0.354 e. The van der Waals surface area contributed by atoms with E-state index in [2.05, 4.69) is 10.3 Å². The predicted octanol–water partition coefficient (Wildman–Crippen LogP) is 0.183. The Morgan fingerprint density at radius 1 is 1.41 bits per heavy atom. The van der Waals surface area contributed by atoms with Crippen molar-refractivity contribution in [2.45, 2.75) is 6.42 Å². The van der Waals surface area contributed by atoms with Crippen molar-refractivity contribution in [1.29, 1.82) is 0 Å². The fraction of sp³-hybridized carbons (Fsp3) is 0.364. The minimum atomic E-state index is -0.681. The van der Waals surface area contributed by atoms with Gasteiger partial charge in [-0.1, -0.05) is 6.07 Å². The summed E-state index contributed by atoms with van der Waals surface area (Å²) in [6, 6.07) is 4.09. The van der Waals surface area contributed by atoms with Gasteiger partial charge in [0.05, 0.1) is 0 Å². The highest BCUT2D eigenvalue weighted by Gasteiger charge is 2.20. The van der Waals surface area contributed by atoms with Crippen molar-refractivity contribution in [1.82, 2.24) is 15.2 Å². The molecule has 2 amide bonds. The lowest BCUT2D eigenvalue weighted by atomic mass is 10.3. The zero-order chi connectivity index (χ0) is 12.3. The van der Waals surface area contributed by atoms with Crippen LogP contribution < -0.4 is 5.32 Å². The number of nitrogens with one attached hydrogen (secondary N) is 1. The van der Waals surface area contributed by atoms with Crippen molar-refractivity contribution < 1.29 is 14.0 Å². The van der Waals surface area contributed by atoms with Crippen LogP contribution in [0.2, 0.25) is 0 Å². The summed E-state index contributed by atoms with van der Waals surface area (Å²) in [5, 5.41) is 2.66. The molecule has 1 N–H and O–H groups in total. The van der Waals surface area contributed by atoms with E-state index in [1.807, 2.05) is 0 Å². The number of aromatic nitrogens is 1. The molecule has 0 unspecified atom stereocenters. The molecule has 1 saturated heterocycles. The number of amides is 2. The molecule has 1 aromatic rings. The summed E-state index contributed by atoms with van der Waals surface area (Å²) in [6.45, 7) is 1.17. The number of carbonyl (C=O) groups excluding carboxylic acids is 2. The monoisotopic (exact) mass is 237 g/mol. The lowest BCUT2D eigenvalue weighted by Crippen LogP contribution is -2.34. The Bertz CT molecular complexity index is 450. The molecule has 17 heavy (non-hydrogen) atoms. The molecular weight excluding hydrogens is 225 g/mol. The summed E-state index contributed by atoms with van der Waals surface area (Å²) < 4.78 is 12.9. The maximum absolute atomic E-state index is 12.9. The van der Waals surface area contributed by atoms with Gasteiger partial charge in [-0.05, 0) is 12.1 Å². The van der Waals surface area contributed by atoms with E-state index in [1.54, 1.807) is 0 Å². The van der Waals surface area contributed by atoms with Crippen LogP contribution in [0.25, 0.3) is 0 Å². The zero-order valence-electron chi connectivity index (χ0n) is 9.15. The van der Waals surface area contributed by atoms with Gasteiger partial charge in [-0.15, -0.1) is 0 Å². The van der Waals surface area contributed by atoms with Gasteiger partial charge in [0.1, 0.15) is 5.69 Å². The van der Waals surface area contributed by atoms with Gasteiger partial charge in [-0.3, -0.25) is 9.59 Å². The van der Waals surface area contributed by atoms with Crippen molar-refractivity contribution in [2.75, 3.05) is 19.6 Å². The molecule has 2 rings (SSSR count). The first kappa shape index (κ1) is 11.5. The summed E-state index contributed by atoms with van der Waals surface area (Å²) in [5.41, 5.74) is 0.0688. The molecule has 0 atom stereocenters. The first-order valence-corrected chi connectivity index (χ1v) is 5.35. The summed E-state index contributed by atoms with van der Waals surface area (Å²) in [7, 11) is 0. The first-order chi connectivity index (χ1) is 8.16. The second kappa shape index (κ2) is 4.90. The first-order valence-electron chi connectivity index (χ1n) is 5.35. The lowest BCUT2D eigenvalue weighted by molar-refractivity contribution is -0.120. The number of rotatable bonds is 1. The molecule has 0 radical (unpaired) electrons. The van der Waals surface area contributed by atoms with Crippen molar-refractivity contribution in [3.05, 3.63) is 29.8 Å². The third-order valence-electron chi connectivity index (χ3n) is 2.53. The van der Waals surface area contributed by atoms with E-state index in [9.17, 15) is 14.0 Å². The molecule has 1 aliphatic heterocycles. The Morgan fingerprint density at radius 3 is 3.00 bits per heavy atom. The van der Waals surface area contributed by atoms with E-state index in [0.717, 1.165) is 0 Å². The van der Waals surface area contributed by atoms with Crippen LogP contribution in [0.3, 0.4) is 0 Å². The maximum Gasteiger partial charge on any atom is 0.272 e. The van der Waals surface area contributed by atoms with Crippen molar-refractivity contribution in [3.63, 3.8) is 0 Å². The third-order valence-corrected chi connectivity index (χ3v) is 2.53. The minimum absolute atomic E-state index is 0.0688. The highest BCUT2D eigenvalue weighted by Crippen LogP contribution is 2.05. The van der Waals surface area contributed by atoms with Crippen molar-refractivity contribution in [3.8, 4) is 0 Å². The van der Waals surface area contributed by atoms with Crippen LogP contribution in [0, 0.1) is 5.95 Å². The van der Waals surface area contributed by atoms with Crippen LogP contribution in [0.5, 0.6) is 0 Å². The van der Waals surface area contributed by atoms with Crippen molar-refractivity contribution >= 4 is 11.8 Å². The molecule has 1 aromatic heterocycles. The highest BCUT2D eigenvalue weighted by molar-refractivity contribution is 5.92. The molecule has 0 aromatic carbocycles. The number of hydrogen-bond donors (Lipinski definition) is 1. The molecule has 0 aliphatic carbocycles. The van der Waals surface area contributed by atoms with Crippen LogP contribution in [0.1, 0.15) is 16.9 Å². The van der Waals surface area contributed by atoms with Crippen LogP contribution in [0.4, 0.5) is 4.39 Å². The van der Waals surface area contributed by atoms with Gasteiger partial charge in [0.15, 0.2) is 0 Å². The molecule has 1 fully saturated rings. The Labute approximate surface area is 97.6 Å². The summed E-state index contributed by atoms with van der Waals surface area (Å²) in [5.74, 6) is -1.10. The fourth-order valence-electron chi connectivity index (χ4n) is 1.66. The average Bonchev–Trinajstić information content (AvgIpc) is 2.53. The molecule has 0 bridgehead atoms. The van der Waals surface area contributed by atoms with Crippen LogP contribution >= 0.6 is 0 Å². The van der Waals surface area contributed by atoms with E-state index in [0.29, 0.717) is 19.6 Å². The third kappa shape index (κ3) is 2.77. The van der Waals surface area contributed by atoms with E-state index in [4.69, 9.17) is 0 Å². The lowest BCUT2D eigenvalue weighted by Gasteiger charge is -2.18. The van der Waals surface area contributed by atoms with E-state index >= 15 is 0 Å². The Hall–Kier alpha value is -1.98. The van der Waals surface area contributed by atoms with E-state index in [-0.39, 0.29) is 23.9 Å². The molecule has 6 heteroatoms. The van der Waals surface area contributed by atoms with Crippen LogP contribution in [-0.4, -0.2) is 41.3 Å². The number of hydrogen-bond acceptors (Lipinski definition) is 3. The van der Waals surface area contributed by atoms with E-state index in [1.165, 1.54) is 23.1 Å². The topological polar surface area (TPSA) is 62.3 Å². The molecule has 0 spiro atoms. The van der Waals surface area contributed by atoms with Gasteiger partial charge in [0.25, 0.3) is 5.91 Å². The highest BCUT2D eigenvalue weighted by atomic mass is 19.1. The zero-order valence-corrected chi connectivity index (χ0v) is 9.15. The van der Waals surface area contributed by atoms with Crippen molar-refractivity contribution in [2.24, 2.45) is 0 Å². The Balaban J connectivity index is 2.11. The molecular formula is C11H12FN3O2. The Kier molecular flexibility index (Phi) is 3.32. The second-order valence-electron chi connectivity index (χ2n) is 3.74. The van der Waals surface area contributed by atoms with Gasteiger partial charge in [0, 0.05) is 26.1 Å². The maximum atomic E-state index is 12.9. The fourth-order valence-corrected chi connectivity index (χ4v) is 1.66. The smallest absolute Gasteiger partial charge is 0.272 e. The number of pyridine rings is 1. The van der Waals surface area contributed by atoms with Gasteiger partial charge in [-0.25, -0.2) is 4.98 Å². The number of carbonyl (C=O) groups is 2. The standard InChI is InChI=1S/C11H12FN3O2/c12-9-3-1-2-8(14-9)11(17)15-6-4-10(16)13-5-7-15/h1-3H,4-7H2,(H,13,16). The quantitative estimate of drug-likeness (QED) is 0.709. The SMILES string of the molecule is O=C1CCN(C(=O)c2cccc(F)n2)CCN1. The number of halogens is 1. The largest absolute Gasteiger partial charge is 0.354 e. The molecule has 90 valence electrons. The number of nitrogens with zero attached hydrogens (tertiary/aromatic N) is 2.